The number of amides is 3. The molecule has 3 saturated heterocycles. The maximum absolute atomic E-state index is 12.8. The van der Waals surface area contributed by atoms with Crippen molar-refractivity contribution in [1.29, 1.82) is 0 Å². The molecule has 0 unspecified atom stereocenters. The van der Waals surface area contributed by atoms with Gasteiger partial charge in [-0.25, -0.2) is 14.8 Å². The largest absolute Gasteiger partial charge is 0.364 e. The number of hydrogen-bond acceptors (Lipinski definition) is 7. The van der Waals surface area contributed by atoms with Crippen molar-refractivity contribution in [2.45, 2.75) is 69.9 Å². The quantitative estimate of drug-likeness (QED) is 0.521. The summed E-state index contributed by atoms with van der Waals surface area (Å²) in [6.45, 7) is 10.5. The number of benzene rings is 1. The topological polar surface area (TPSA) is 111 Å². The zero-order chi connectivity index (χ0) is 27.9. The van der Waals surface area contributed by atoms with Gasteiger partial charge in [-0.2, -0.15) is 0 Å². The fourth-order valence-electron chi connectivity index (χ4n) is 6.65. The molecule has 4 aliphatic rings. The number of nitrogens with one attached hydrogen (secondary N) is 1. The number of anilines is 3. The van der Waals surface area contributed by atoms with E-state index in [4.69, 9.17) is 10.7 Å². The number of likely N-dealkylation sites (tertiary alicyclic amines) is 1. The Morgan fingerprint density at radius 3 is 2.45 bits per heavy atom. The molecule has 1 atom stereocenters. The van der Waals surface area contributed by atoms with E-state index < -0.39 is 5.91 Å². The van der Waals surface area contributed by atoms with Gasteiger partial charge >= 0.3 is 6.03 Å². The zero-order valence-electron chi connectivity index (χ0n) is 23.8. The molecule has 1 aromatic carbocycles. The molecular weight excluding hydrogens is 504 g/mol. The highest BCUT2D eigenvalue weighted by molar-refractivity contribution is 5.96. The van der Waals surface area contributed by atoms with Crippen LogP contribution in [0.4, 0.5) is 22.1 Å². The number of carbonyl (C=O) groups is 2. The fraction of sp³-hybridized carbons (Fsp3) is 0.600. The van der Waals surface area contributed by atoms with Crippen LogP contribution in [-0.2, 0) is 5.41 Å². The minimum atomic E-state index is -0.619. The Morgan fingerprint density at radius 2 is 1.80 bits per heavy atom. The monoisotopic (exact) mass is 546 g/mol. The zero-order valence-corrected chi connectivity index (χ0v) is 23.8. The number of primary amides is 1. The molecule has 4 heterocycles. The van der Waals surface area contributed by atoms with Crippen molar-refractivity contribution in [2.24, 2.45) is 5.73 Å². The average molecular weight is 547 g/mol. The first-order valence-corrected chi connectivity index (χ1v) is 14.9. The maximum atomic E-state index is 12.8. The summed E-state index contributed by atoms with van der Waals surface area (Å²) in [5, 5.41) is 3.31. The van der Waals surface area contributed by atoms with E-state index in [0.717, 1.165) is 50.7 Å². The van der Waals surface area contributed by atoms with Gasteiger partial charge in [-0.1, -0.05) is 19.1 Å². The summed E-state index contributed by atoms with van der Waals surface area (Å²) >= 11 is 0. The number of nitrogens with zero attached hydrogens (tertiary/aromatic N) is 6. The predicted octanol–water partition coefficient (Wildman–Crippen LogP) is 3.56. The highest BCUT2D eigenvalue weighted by atomic mass is 16.2. The Balaban J connectivity index is 1.16. The molecule has 3 aliphatic heterocycles. The van der Waals surface area contributed by atoms with Gasteiger partial charge in [0.25, 0.3) is 5.91 Å². The molecule has 3 N–H and O–H groups in total. The molecule has 3 amide bonds. The lowest BCUT2D eigenvalue weighted by atomic mass is 9.74. The van der Waals surface area contributed by atoms with Crippen molar-refractivity contribution >= 4 is 29.3 Å². The van der Waals surface area contributed by atoms with Crippen LogP contribution in [0.1, 0.15) is 68.4 Å². The van der Waals surface area contributed by atoms with E-state index in [2.05, 4.69) is 51.3 Å². The van der Waals surface area contributed by atoms with Gasteiger partial charge in [-0.3, -0.25) is 4.79 Å². The number of rotatable bonds is 8. The average Bonchev–Trinajstić information content (AvgIpc) is 3.75. The summed E-state index contributed by atoms with van der Waals surface area (Å²) in [5.41, 5.74) is 8.16. The first-order valence-electron chi connectivity index (χ1n) is 14.9. The molecule has 1 aromatic heterocycles. The summed E-state index contributed by atoms with van der Waals surface area (Å²) in [5.74, 6) is 0.424. The minimum Gasteiger partial charge on any atom is -0.364 e. The van der Waals surface area contributed by atoms with Gasteiger partial charge in [0.2, 0.25) is 0 Å². The lowest BCUT2D eigenvalue weighted by Crippen LogP contribution is -2.49. The van der Waals surface area contributed by atoms with Crippen molar-refractivity contribution in [2.75, 3.05) is 56.0 Å². The van der Waals surface area contributed by atoms with Crippen LogP contribution in [-0.4, -0.2) is 94.5 Å². The third-order valence-corrected chi connectivity index (χ3v) is 9.47. The van der Waals surface area contributed by atoms with Gasteiger partial charge in [0.15, 0.2) is 11.5 Å². The van der Waals surface area contributed by atoms with Crippen LogP contribution in [0.5, 0.6) is 0 Å². The highest BCUT2D eigenvalue weighted by Crippen LogP contribution is 2.39. The van der Waals surface area contributed by atoms with Crippen LogP contribution in [0.25, 0.3) is 0 Å². The molecule has 214 valence electrons. The van der Waals surface area contributed by atoms with Crippen LogP contribution in [0.3, 0.4) is 0 Å². The van der Waals surface area contributed by atoms with Crippen LogP contribution in [0.2, 0.25) is 0 Å². The Kier molecular flexibility index (Phi) is 7.29. The smallest absolute Gasteiger partial charge is 0.320 e. The highest BCUT2D eigenvalue weighted by Gasteiger charge is 2.38. The van der Waals surface area contributed by atoms with Gasteiger partial charge in [-0.05, 0) is 81.6 Å². The van der Waals surface area contributed by atoms with Gasteiger partial charge in [0.05, 0.1) is 12.2 Å². The van der Waals surface area contributed by atoms with Gasteiger partial charge < -0.3 is 30.7 Å². The molecule has 0 radical (unpaired) electrons. The van der Waals surface area contributed by atoms with E-state index in [1.165, 1.54) is 44.3 Å². The summed E-state index contributed by atoms with van der Waals surface area (Å²) < 4.78 is 0. The van der Waals surface area contributed by atoms with E-state index in [1.807, 2.05) is 16.7 Å². The van der Waals surface area contributed by atoms with Crippen LogP contribution >= 0.6 is 0 Å². The van der Waals surface area contributed by atoms with Crippen LogP contribution in [0.15, 0.2) is 30.5 Å². The van der Waals surface area contributed by atoms with Crippen LogP contribution in [0, 0.1) is 0 Å². The lowest BCUT2D eigenvalue weighted by Gasteiger charge is -2.40. The van der Waals surface area contributed by atoms with E-state index in [9.17, 15) is 9.59 Å². The molecule has 4 fully saturated rings. The van der Waals surface area contributed by atoms with E-state index >= 15 is 0 Å². The fourth-order valence-corrected chi connectivity index (χ4v) is 6.65. The molecule has 10 heteroatoms. The van der Waals surface area contributed by atoms with Gasteiger partial charge in [-0.15, -0.1) is 0 Å². The first kappa shape index (κ1) is 26.8. The SMILES string of the molecule is CCN1CCN([C@@H]2CCCN(c3cnc(C(N)=O)c(Nc4ccc(C5(C)CCN(C6CC6)CC5)cc4)n3)C2)C1=O. The molecule has 2 aromatic rings. The molecular formula is C30H42N8O2. The van der Waals surface area contributed by atoms with Crippen molar-refractivity contribution < 1.29 is 9.59 Å². The molecule has 6 rings (SSSR count). The number of aromatic nitrogens is 2. The predicted molar refractivity (Wildman–Crippen MR) is 156 cm³/mol. The van der Waals surface area contributed by atoms with Crippen molar-refractivity contribution in [3.8, 4) is 0 Å². The van der Waals surface area contributed by atoms with Gasteiger partial charge in [0.1, 0.15) is 5.82 Å². The second-order valence-electron chi connectivity index (χ2n) is 12.1. The second-order valence-corrected chi connectivity index (χ2v) is 12.1. The van der Waals surface area contributed by atoms with Crippen LogP contribution < -0.4 is 16.0 Å². The summed E-state index contributed by atoms with van der Waals surface area (Å²) in [6, 6.07) is 9.59. The Morgan fingerprint density at radius 1 is 1.05 bits per heavy atom. The van der Waals surface area contributed by atoms with E-state index in [1.54, 1.807) is 6.20 Å². The van der Waals surface area contributed by atoms with Crippen molar-refractivity contribution in [3.05, 3.63) is 41.7 Å². The molecule has 1 saturated carbocycles. The maximum Gasteiger partial charge on any atom is 0.320 e. The summed E-state index contributed by atoms with van der Waals surface area (Å²) in [7, 11) is 0. The Labute approximate surface area is 236 Å². The molecule has 0 bridgehead atoms. The van der Waals surface area contributed by atoms with Gasteiger partial charge in [0, 0.05) is 44.5 Å². The Hall–Kier alpha value is -3.40. The molecule has 1 aliphatic carbocycles. The number of piperidine rings is 2. The summed E-state index contributed by atoms with van der Waals surface area (Å²) in [6.07, 6.45) is 8.63. The number of urea groups is 1. The second kappa shape index (κ2) is 10.9. The number of nitrogens with two attached hydrogens (primary N) is 1. The molecule has 0 spiro atoms. The van der Waals surface area contributed by atoms with E-state index in [0.29, 0.717) is 18.2 Å². The van der Waals surface area contributed by atoms with Crippen molar-refractivity contribution in [1.82, 2.24) is 24.7 Å². The third kappa shape index (κ3) is 5.33. The molecule has 10 nitrogen and oxygen atoms in total. The van der Waals surface area contributed by atoms with E-state index in [-0.39, 0.29) is 23.2 Å². The third-order valence-electron chi connectivity index (χ3n) is 9.47. The van der Waals surface area contributed by atoms with Crippen molar-refractivity contribution in [3.63, 3.8) is 0 Å². The minimum absolute atomic E-state index is 0.120. The summed E-state index contributed by atoms with van der Waals surface area (Å²) in [4.78, 5) is 42.9. The number of likely N-dealkylation sites (N-methyl/N-ethyl adjacent to an activating group) is 1. The number of carbonyl (C=O) groups excluding carboxylic acids is 2. The standard InChI is InChI=1S/C30H42N8O2/c1-3-35-17-18-38(29(35)40)24-5-4-14-37(20-24)25-19-32-26(27(31)39)28(34-25)33-22-8-6-21(7-9-22)30(2)12-15-36(16-13-30)23-10-11-23/h6-9,19,23-24H,3-5,10-18,20H2,1-2H3,(H2,31,39)(H,33,34)/t24-/m1/s1. The lowest BCUT2D eigenvalue weighted by molar-refractivity contribution is 0.0996. The first-order chi connectivity index (χ1) is 19.3. The normalized spacial score (nSPS) is 23.5. The Bertz CT molecular complexity index is 1240. The number of hydrogen-bond donors (Lipinski definition) is 2. The molecule has 40 heavy (non-hydrogen) atoms.